The third-order valence-corrected chi connectivity index (χ3v) is 10.4. The summed E-state index contributed by atoms with van der Waals surface area (Å²) in [6, 6.07) is 1.35. The van der Waals surface area contributed by atoms with Gasteiger partial charge in [0.05, 0.1) is 0 Å². The van der Waals surface area contributed by atoms with E-state index >= 15 is 0 Å². The standard InChI is InChI=1S/C11H25BN2.C6H11BN2.C6H14BNO.C5H11BClN.C5H11BFN/c1-10(2)14(11(3)4)12-7-6-8-13(5)9-12;1-9-4-2-3-7(5-8)6-9;1-8-5-3-4-7(6-8)9-2;2*1-8-4-2-3-6(7)5-8/h10-11H,6-9H2,1-5H3;2-4,6H2,1H3;3-6H2,1-2H3;2*2-5H2,1H3. The zero-order valence-corrected chi connectivity index (χ0v) is 33.7. The lowest BCUT2D eigenvalue weighted by Gasteiger charge is -2.40. The molecular formula is C33H72B5ClFN7O. The largest absolute Gasteiger partial charge is 0.437 e. The lowest BCUT2D eigenvalue weighted by Crippen LogP contribution is -2.55. The third-order valence-electron chi connectivity index (χ3n) is 10.1. The van der Waals surface area contributed by atoms with Crippen LogP contribution in [0.15, 0.2) is 0 Å². The molecule has 8 nitrogen and oxygen atoms in total. The van der Waals surface area contributed by atoms with Crippen LogP contribution in [-0.4, -0.2) is 182 Å². The zero-order chi connectivity index (χ0) is 36.1. The molecule has 0 saturated carbocycles. The molecule has 0 atom stereocenters. The second-order valence-electron chi connectivity index (χ2n) is 15.7. The molecule has 0 aliphatic carbocycles. The van der Waals surface area contributed by atoms with E-state index in [9.17, 15) is 4.32 Å². The van der Waals surface area contributed by atoms with Crippen molar-refractivity contribution >= 4 is 45.1 Å². The van der Waals surface area contributed by atoms with Crippen molar-refractivity contribution in [3.63, 3.8) is 0 Å². The molecular weight excluding hydrogens is 619 g/mol. The molecule has 0 aromatic heterocycles. The van der Waals surface area contributed by atoms with Gasteiger partial charge >= 0.3 is 13.9 Å². The van der Waals surface area contributed by atoms with Crippen LogP contribution in [-0.2, 0) is 4.65 Å². The molecule has 0 spiro atoms. The van der Waals surface area contributed by atoms with Gasteiger partial charge in [-0.25, -0.2) is 5.26 Å². The first-order chi connectivity index (χ1) is 22.7. The molecule has 0 bridgehead atoms. The van der Waals surface area contributed by atoms with Gasteiger partial charge in [-0.2, -0.15) is 11.5 Å². The Morgan fingerprint density at radius 1 is 0.646 bits per heavy atom. The number of nitriles is 1. The van der Waals surface area contributed by atoms with E-state index in [4.69, 9.17) is 21.4 Å². The van der Waals surface area contributed by atoms with E-state index < -0.39 is 6.99 Å². The number of rotatable bonds is 4. The quantitative estimate of drug-likeness (QED) is 0.390. The Kier molecular flexibility index (Phi) is 25.3. The minimum Gasteiger partial charge on any atom is -0.437 e. The smallest absolute Gasteiger partial charge is 0.362 e. The first-order valence-corrected chi connectivity index (χ1v) is 19.6. The van der Waals surface area contributed by atoms with Crippen molar-refractivity contribution in [3.05, 3.63) is 0 Å². The highest BCUT2D eigenvalue weighted by Crippen LogP contribution is 2.17. The zero-order valence-electron chi connectivity index (χ0n) is 33.0. The van der Waals surface area contributed by atoms with Crippen LogP contribution in [0.25, 0.3) is 0 Å². The van der Waals surface area contributed by atoms with E-state index in [0.29, 0.717) is 38.3 Å². The van der Waals surface area contributed by atoms with Gasteiger partial charge in [0.2, 0.25) is 6.85 Å². The predicted molar refractivity (Wildman–Crippen MR) is 215 cm³/mol. The average molecular weight is 691 g/mol. The number of halogens is 2. The molecule has 5 heterocycles. The molecule has 0 aromatic rings. The Hall–Kier alpha value is -0.245. The Balaban J connectivity index is 0.000000306. The van der Waals surface area contributed by atoms with Crippen LogP contribution in [0, 0.1) is 11.2 Å². The maximum atomic E-state index is 12.4. The van der Waals surface area contributed by atoms with Crippen LogP contribution in [0.1, 0.15) is 59.8 Å². The van der Waals surface area contributed by atoms with Gasteiger partial charge < -0.3 is 38.3 Å². The van der Waals surface area contributed by atoms with Gasteiger partial charge in [0, 0.05) is 26.0 Å². The van der Waals surface area contributed by atoms with E-state index in [-0.39, 0.29) is 0 Å². The maximum Gasteiger partial charge on any atom is 0.362 e. The van der Waals surface area contributed by atoms with Crippen LogP contribution in [0.3, 0.4) is 0 Å². The number of hydrogen-bond acceptors (Lipinski definition) is 8. The molecule has 5 aliphatic heterocycles. The molecule has 5 aliphatic rings. The molecule has 48 heavy (non-hydrogen) atoms. The minimum absolute atomic E-state index is 0.295. The monoisotopic (exact) mass is 692 g/mol. The highest BCUT2D eigenvalue weighted by molar-refractivity contribution is 7.07. The fourth-order valence-electron chi connectivity index (χ4n) is 7.61. The average Bonchev–Trinajstić information content (AvgIpc) is 3.02. The van der Waals surface area contributed by atoms with Crippen molar-refractivity contribution in [2.45, 2.75) is 103 Å². The van der Waals surface area contributed by atoms with Crippen molar-refractivity contribution in [1.29, 1.82) is 5.26 Å². The summed E-state index contributed by atoms with van der Waals surface area (Å²) >= 11 is 5.87. The fraction of sp³-hybridized carbons (Fsp3) is 0.970. The van der Waals surface area contributed by atoms with E-state index in [2.05, 4.69) is 86.3 Å². The van der Waals surface area contributed by atoms with Gasteiger partial charge in [0.1, 0.15) is 0 Å². The second kappa shape index (κ2) is 26.5. The molecule has 0 radical (unpaired) electrons. The number of nitrogens with zero attached hydrogens (tertiary/aromatic N) is 7. The second-order valence-corrected chi connectivity index (χ2v) is 16.3. The van der Waals surface area contributed by atoms with Crippen molar-refractivity contribution in [3.8, 4) is 5.97 Å². The summed E-state index contributed by atoms with van der Waals surface area (Å²) in [6.45, 7) is 16.2. The molecule has 0 unspecified atom stereocenters. The summed E-state index contributed by atoms with van der Waals surface area (Å²) < 4.78 is 17.6. The SMILES string of the molecule is CC(C)N(B1CCCN(C)C1)C(C)C.CN1CCCB(C#N)C1.CN1CCCB(Cl)C1.CN1CCCB(F)C1.COB1CCCN(C)C1. The van der Waals surface area contributed by atoms with Gasteiger partial charge in [-0.3, -0.25) is 0 Å². The topological polar surface area (TPSA) is 52.5 Å². The van der Waals surface area contributed by atoms with E-state index in [1.54, 1.807) is 7.11 Å². The van der Waals surface area contributed by atoms with Crippen LogP contribution in [0.2, 0.25) is 31.6 Å². The number of hydrogen-bond donors (Lipinski definition) is 0. The lowest BCUT2D eigenvalue weighted by molar-refractivity contribution is 0.272. The summed E-state index contributed by atoms with van der Waals surface area (Å²) in [7, 11) is 12.3. The fourth-order valence-corrected chi connectivity index (χ4v) is 8.00. The van der Waals surface area contributed by atoms with Gasteiger partial charge in [0.15, 0.2) is 0 Å². The van der Waals surface area contributed by atoms with E-state index in [0.717, 1.165) is 58.3 Å². The highest BCUT2D eigenvalue weighted by atomic mass is 35.5. The molecule has 0 amide bonds. The Bertz CT molecular complexity index is 811. The Morgan fingerprint density at radius 3 is 1.44 bits per heavy atom. The van der Waals surface area contributed by atoms with E-state index in [1.165, 1.54) is 70.7 Å². The molecule has 0 aromatic carbocycles. The molecule has 15 heteroatoms. The molecule has 5 rings (SSSR count). The summed E-state index contributed by atoms with van der Waals surface area (Å²) in [5.74, 6) is 2.29. The van der Waals surface area contributed by atoms with Crippen LogP contribution < -0.4 is 0 Å². The molecule has 5 fully saturated rings. The van der Waals surface area contributed by atoms with Gasteiger partial charge in [-0.1, -0.05) is 46.7 Å². The van der Waals surface area contributed by atoms with Crippen LogP contribution in [0.4, 0.5) is 4.32 Å². The molecule has 5 saturated heterocycles. The molecule has 0 N–H and O–H groups in total. The van der Waals surface area contributed by atoms with Crippen molar-refractivity contribution in [2.75, 3.05) is 107 Å². The van der Waals surface area contributed by atoms with Crippen molar-refractivity contribution in [1.82, 2.24) is 29.3 Å². The van der Waals surface area contributed by atoms with Gasteiger partial charge in [-0.05, 0) is 144 Å². The summed E-state index contributed by atoms with van der Waals surface area (Å²) in [5, 5.41) is 8.53. The summed E-state index contributed by atoms with van der Waals surface area (Å²) in [6.07, 6.45) is 17.3. The maximum absolute atomic E-state index is 12.4. The van der Waals surface area contributed by atoms with Crippen LogP contribution in [0.5, 0.6) is 0 Å². The lowest BCUT2D eigenvalue weighted by atomic mass is 9.47. The minimum atomic E-state index is -0.561. The molecule has 274 valence electrons. The van der Waals surface area contributed by atoms with Crippen LogP contribution >= 0.6 is 11.5 Å². The highest BCUT2D eigenvalue weighted by Gasteiger charge is 2.30. The summed E-state index contributed by atoms with van der Waals surface area (Å²) in [5.41, 5.74) is 0. The Morgan fingerprint density at radius 2 is 1.10 bits per heavy atom. The summed E-state index contributed by atoms with van der Waals surface area (Å²) in [4.78, 5) is 14.0. The van der Waals surface area contributed by atoms with Gasteiger partial charge in [-0.15, -0.1) is 0 Å². The normalized spacial score (nSPS) is 22.2. The van der Waals surface area contributed by atoms with Crippen molar-refractivity contribution < 1.29 is 8.97 Å². The van der Waals surface area contributed by atoms with Crippen molar-refractivity contribution in [2.24, 2.45) is 0 Å². The van der Waals surface area contributed by atoms with Gasteiger partial charge in [0.25, 0.3) is 12.8 Å². The first kappa shape index (κ1) is 45.8. The van der Waals surface area contributed by atoms with E-state index in [1.807, 2.05) is 11.9 Å². The Labute approximate surface area is 304 Å². The third kappa shape index (κ3) is 21.2. The first-order valence-electron chi connectivity index (χ1n) is 19.2. The predicted octanol–water partition coefficient (Wildman–Crippen LogP) is 4.80.